The fourth-order valence-electron chi connectivity index (χ4n) is 3.09. The van der Waals surface area contributed by atoms with E-state index >= 15 is 0 Å². The summed E-state index contributed by atoms with van der Waals surface area (Å²) in [4.78, 5) is 19.0. The summed E-state index contributed by atoms with van der Waals surface area (Å²) in [6.45, 7) is 1.50. The highest BCUT2D eigenvalue weighted by molar-refractivity contribution is 5.54. The topological polar surface area (TPSA) is 64.2 Å². The van der Waals surface area contributed by atoms with Gasteiger partial charge in [-0.15, -0.1) is 0 Å². The highest BCUT2D eigenvalue weighted by Gasteiger charge is 2.27. The van der Waals surface area contributed by atoms with Crippen LogP contribution in [0.1, 0.15) is 30.0 Å². The van der Waals surface area contributed by atoms with Gasteiger partial charge >= 0.3 is 0 Å². The first-order chi connectivity index (χ1) is 10.2. The Morgan fingerprint density at radius 3 is 2.95 bits per heavy atom. The number of hydrogen-bond donors (Lipinski definition) is 1. The van der Waals surface area contributed by atoms with E-state index in [9.17, 15) is 4.79 Å². The van der Waals surface area contributed by atoms with Gasteiger partial charge in [-0.25, -0.2) is 4.98 Å². The summed E-state index contributed by atoms with van der Waals surface area (Å²) in [5.74, 6) is 0.567. The third-order valence-corrected chi connectivity index (χ3v) is 4.39. The van der Waals surface area contributed by atoms with Crippen molar-refractivity contribution in [2.24, 2.45) is 0 Å². The van der Waals surface area contributed by atoms with Crippen LogP contribution in [0.4, 0.5) is 11.5 Å². The van der Waals surface area contributed by atoms with Crippen LogP contribution in [0, 0.1) is 0 Å². The van der Waals surface area contributed by atoms with E-state index in [1.54, 1.807) is 12.4 Å². The summed E-state index contributed by atoms with van der Waals surface area (Å²) in [5.41, 5.74) is 9.33. The van der Waals surface area contributed by atoms with Crippen molar-refractivity contribution in [1.29, 1.82) is 0 Å². The Bertz CT molecular complexity index is 748. The number of nitrogens with zero attached hydrogens (tertiary/aromatic N) is 3. The normalized spacial score (nSPS) is 17.6. The van der Waals surface area contributed by atoms with Crippen molar-refractivity contribution in [3.63, 3.8) is 0 Å². The average molecular weight is 282 g/mol. The summed E-state index contributed by atoms with van der Waals surface area (Å²) < 4.78 is 1.83. The van der Waals surface area contributed by atoms with E-state index in [2.05, 4.69) is 16.0 Å². The second kappa shape index (κ2) is 4.62. The molecule has 2 aliphatic rings. The summed E-state index contributed by atoms with van der Waals surface area (Å²) in [6.07, 6.45) is 6.61. The average Bonchev–Trinajstić information content (AvgIpc) is 3.32. The van der Waals surface area contributed by atoms with E-state index in [0.717, 1.165) is 31.5 Å². The molecule has 2 N–H and O–H groups in total. The molecule has 4 rings (SSSR count). The molecule has 0 saturated heterocycles. The van der Waals surface area contributed by atoms with Gasteiger partial charge in [0, 0.05) is 37.2 Å². The number of nitrogen functional groups attached to an aromatic ring is 1. The maximum Gasteiger partial charge on any atom is 0.293 e. The molecule has 2 heterocycles. The second-order valence-electron chi connectivity index (χ2n) is 5.85. The van der Waals surface area contributed by atoms with Crippen LogP contribution in [0.15, 0.2) is 35.4 Å². The smallest absolute Gasteiger partial charge is 0.293 e. The van der Waals surface area contributed by atoms with E-state index in [1.165, 1.54) is 11.1 Å². The molecule has 1 fully saturated rings. The van der Waals surface area contributed by atoms with Crippen LogP contribution >= 0.6 is 0 Å². The SMILES string of the molecule is Nc1cccc2c1CCN(c1nccn(C3CC3)c1=O)C2. The molecule has 108 valence electrons. The lowest BCUT2D eigenvalue weighted by atomic mass is 9.98. The fourth-order valence-corrected chi connectivity index (χ4v) is 3.09. The first-order valence-corrected chi connectivity index (χ1v) is 7.42. The summed E-state index contributed by atoms with van der Waals surface area (Å²) >= 11 is 0. The van der Waals surface area contributed by atoms with Gasteiger partial charge in [-0.1, -0.05) is 12.1 Å². The molecule has 1 saturated carbocycles. The number of nitrogens with two attached hydrogens (primary N) is 1. The zero-order valence-electron chi connectivity index (χ0n) is 11.8. The third-order valence-electron chi connectivity index (χ3n) is 4.39. The van der Waals surface area contributed by atoms with Crippen LogP contribution in [0.25, 0.3) is 0 Å². The van der Waals surface area contributed by atoms with E-state index in [4.69, 9.17) is 5.73 Å². The minimum absolute atomic E-state index is 0.0346. The van der Waals surface area contributed by atoms with E-state index in [0.29, 0.717) is 18.4 Å². The molecule has 5 heteroatoms. The molecule has 21 heavy (non-hydrogen) atoms. The number of hydrogen-bond acceptors (Lipinski definition) is 4. The highest BCUT2D eigenvalue weighted by Crippen LogP contribution is 2.33. The molecule has 0 spiro atoms. The first-order valence-electron chi connectivity index (χ1n) is 7.42. The predicted molar refractivity (Wildman–Crippen MR) is 82.4 cm³/mol. The third kappa shape index (κ3) is 2.09. The van der Waals surface area contributed by atoms with Crippen LogP contribution in [0.2, 0.25) is 0 Å². The molecule has 0 atom stereocenters. The predicted octanol–water partition coefficient (Wildman–Crippen LogP) is 1.72. The minimum Gasteiger partial charge on any atom is -0.398 e. The molecule has 0 bridgehead atoms. The monoisotopic (exact) mass is 282 g/mol. The molecule has 1 aliphatic heterocycles. The van der Waals surface area contributed by atoms with E-state index in [-0.39, 0.29) is 5.56 Å². The largest absolute Gasteiger partial charge is 0.398 e. The van der Waals surface area contributed by atoms with Crippen molar-refractivity contribution in [3.8, 4) is 0 Å². The Kier molecular flexibility index (Phi) is 2.74. The Balaban J connectivity index is 1.70. The van der Waals surface area contributed by atoms with Crippen LogP contribution in [-0.2, 0) is 13.0 Å². The van der Waals surface area contributed by atoms with Crippen LogP contribution in [0.5, 0.6) is 0 Å². The van der Waals surface area contributed by atoms with Crippen molar-refractivity contribution in [2.75, 3.05) is 17.2 Å². The zero-order valence-corrected chi connectivity index (χ0v) is 11.8. The number of rotatable bonds is 2. The maximum atomic E-state index is 12.6. The standard InChI is InChI=1S/C16H18N4O/c17-14-3-1-2-11-10-19(8-6-13(11)14)15-16(21)20(9-7-18-15)12-4-5-12/h1-3,7,9,12H,4-6,8,10,17H2. The van der Waals surface area contributed by atoms with Gasteiger partial charge in [-0.3, -0.25) is 4.79 Å². The van der Waals surface area contributed by atoms with Crippen molar-refractivity contribution in [3.05, 3.63) is 52.1 Å². The van der Waals surface area contributed by atoms with Crippen LogP contribution in [0.3, 0.4) is 0 Å². The lowest BCUT2D eigenvalue weighted by Gasteiger charge is -2.30. The molecule has 0 amide bonds. The Hall–Kier alpha value is -2.30. The quantitative estimate of drug-likeness (QED) is 0.852. The lowest BCUT2D eigenvalue weighted by Crippen LogP contribution is -2.37. The van der Waals surface area contributed by atoms with Crippen molar-refractivity contribution < 1.29 is 0 Å². The number of fused-ring (bicyclic) bond motifs is 1. The molecule has 5 nitrogen and oxygen atoms in total. The van der Waals surface area contributed by atoms with Gasteiger partial charge in [0.25, 0.3) is 5.56 Å². The summed E-state index contributed by atoms with van der Waals surface area (Å²) in [7, 11) is 0. The van der Waals surface area contributed by atoms with Gasteiger partial charge in [0.1, 0.15) is 0 Å². The minimum atomic E-state index is 0.0346. The number of benzene rings is 1. The number of anilines is 2. The molecule has 1 aromatic carbocycles. The van der Waals surface area contributed by atoms with E-state index < -0.39 is 0 Å². The molecule has 1 aliphatic carbocycles. The Morgan fingerprint density at radius 1 is 1.29 bits per heavy atom. The molecule has 0 unspecified atom stereocenters. The molecule has 2 aromatic rings. The van der Waals surface area contributed by atoms with Crippen molar-refractivity contribution in [1.82, 2.24) is 9.55 Å². The summed E-state index contributed by atoms with van der Waals surface area (Å²) in [6, 6.07) is 6.38. The fraction of sp³-hybridized carbons (Fsp3) is 0.375. The van der Waals surface area contributed by atoms with Gasteiger partial charge in [0.2, 0.25) is 0 Å². The maximum absolute atomic E-state index is 12.6. The van der Waals surface area contributed by atoms with Gasteiger partial charge in [0.15, 0.2) is 5.82 Å². The lowest BCUT2D eigenvalue weighted by molar-refractivity contribution is 0.666. The Morgan fingerprint density at radius 2 is 2.14 bits per heavy atom. The van der Waals surface area contributed by atoms with Crippen LogP contribution < -0.4 is 16.2 Å². The van der Waals surface area contributed by atoms with Gasteiger partial charge in [-0.05, 0) is 36.5 Å². The van der Waals surface area contributed by atoms with Gasteiger partial charge in [0.05, 0.1) is 0 Å². The Labute approximate surface area is 123 Å². The highest BCUT2D eigenvalue weighted by atomic mass is 16.1. The van der Waals surface area contributed by atoms with Gasteiger partial charge in [-0.2, -0.15) is 0 Å². The molecular weight excluding hydrogens is 264 g/mol. The molecule has 0 radical (unpaired) electrons. The number of aromatic nitrogens is 2. The molecule has 1 aromatic heterocycles. The van der Waals surface area contributed by atoms with Gasteiger partial charge < -0.3 is 15.2 Å². The zero-order chi connectivity index (χ0) is 14.4. The van der Waals surface area contributed by atoms with Crippen molar-refractivity contribution >= 4 is 11.5 Å². The molecular formula is C16H18N4O. The first kappa shape index (κ1) is 12.4. The van der Waals surface area contributed by atoms with Crippen molar-refractivity contribution in [2.45, 2.75) is 31.8 Å². The summed E-state index contributed by atoms with van der Waals surface area (Å²) in [5, 5.41) is 0. The second-order valence-corrected chi connectivity index (χ2v) is 5.85. The van der Waals surface area contributed by atoms with Crippen LogP contribution in [-0.4, -0.2) is 16.1 Å². The van der Waals surface area contributed by atoms with E-state index in [1.807, 2.05) is 16.7 Å².